The second-order valence-electron chi connectivity index (χ2n) is 4.52. The molecule has 0 bridgehead atoms. The molecule has 1 aromatic rings. The van der Waals surface area contributed by atoms with Gasteiger partial charge in [-0.25, -0.2) is 0 Å². The lowest BCUT2D eigenvalue weighted by Gasteiger charge is -2.23. The maximum atomic E-state index is 2.27. The van der Waals surface area contributed by atoms with E-state index in [4.69, 9.17) is 0 Å². The highest BCUT2D eigenvalue weighted by atomic mass is 14.2. The molecule has 0 fully saturated rings. The van der Waals surface area contributed by atoms with Gasteiger partial charge in [-0.1, -0.05) is 74.1 Å². The monoisotopic (exact) mass is 241 g/mol. The van der Waals surface area contributed by atoms with Gasteiger partial charge in [-0.05, 0) is 36.0 Å². The molecule has 0 heteroatoms. The topological polar surface area (TPSA) is 0 Å². The molecule has 1 aromatic carbocycles. The van der Waals surface area contributed by atoms with Crippen molar-refractivity contribution in [3.63, 3.8) is 0 Å². The quantitative estimate of drug-likeness (QED) is 0.484. The van der Waals surface area contributed by atoms with Crippen LogP contribution >= 0.6 is 0 Å². The van der Waals surface area contributed by atoms with Crippen LogP contribution in [0.5, 0.6) is 0 Å². The van der Waals surface area contributed by atoms with Crippen molar-refractivity contribution in [1.82, 2.24) is 0 Å². The van der Waals surface area contributed by atoms with E-state index in [1.807, 2.05) is 27.7 Å². The second-order valence-corrected chi connectivity index (χ2v) is 4.52. The summed E-state index contributed by atoms with van der Waals surface area (Å²) < 4.78 is 0. The first kappa shape index (κ1) is 21.5. The zero-order valence-electron chi connectivity index (χ0n) is 12.7. The number of benzene rings is 1. The third-order valence-corrected chi connectivity index (χ3v) is 2.23. The van der Waals surface area contributed by atoms with E-state index in [2.05, 4.69) is 52.8 Å². The van der Waals surface area contributed by atoms with Gasteiger partial charge in [0, 0.05) is 1.43 Å². The van der Waals surface area contributed by atoms with E-state index in [1.54, 1.807) is 0 Å². The van der Waals surface area contributed by atoms with Crippen LogP contribution in [0, 0.1) is 13.8 Å². The van der Waals surface area contributed by atoms with Crippen molar-refractivity contribution in [3.05, 3.63) is 34.9 Å². The smallest absolute Gasteiger partial charge is 0 e. The van der Waals surface area contributed by atoms with Crippen LogP contribution in [0.25, 0.3) is 0 Å². The molecule has 0 spiro atoms. The highest BCUT2D eigenvalue weighted by Crippen LogP contribution is 2.28. The summed E-state index contributed by atoms with van der Waals surface area (Å²) >= 11 is 0. The first-order valence-electron chi connectivity index (χ1n) is 6.49. The number of hydrogen-bond donors (Lipinski definition) is 0. The molecule has 0 unspecified atom stereocenters. The standard InChI is InChI=1S/C12H18.2C2H6.CH4.H2/c1-9-7-6-8-10(2)11(9)12(3,4)5;2*1-2;;/h6-8H,1-5H3;2*1-2H3;1H4;1H/i;;;;1+1. The fourth-order valence-electron chi connectivity index (χ4n) is 2.00. The Morgan fingerprint density at radius 3 is 1.29 bits per heavy atom. The third-order valence-electron chi connectivity index (χ3n) is 2.23. The van der Waals surface area contributed by atoms with Gasteiger partial charge in [0.25, 0.3) is 0 Å². The molecule has 0 amide bonds. The molecule has 0 N–H and O–H groups in total. The predicted molar refractivity (Wildman–Crippen MR) is 86.2 cm³/mol. The van der Waals surface area contributed by atoms with Crippen LogP contribution in [0.1, 0.15) is 74.0 Å². The fraction of sp³-hybridized carbons (Fsp3) is 0.647. The summed E-state index contributed by atoms with van der Waals surface area (Å²) in [5.74, 6) is 0. The molecule has 1 rings (SSSR count). The molecular weight excluding hydrogens is 204 g/mol. The van der Waals surface area contributed by atoms with Crippen LogP contribution in [-0.2, 0) is 5.41 Å². The molecule has 0 aliphatic heterocycles. The summed E-state index contributed by atoms with van der Waals surface area (Å²) in [6, 6.07) is 6.50. The normalized spacial score (nSPS) is 9.00. The minimum absolute atomic E-state index is 0. The zero-order valence-corrected chi connectivity index (χ0v) is 12.7. The fourth-order valence-corrected chi connectivity index (χ4v) is 2.00. The van der Waals surface area contributed by atoms with Crippen LogP contribution in [-0.4, -0.2) is 0 Å². The highest BCUT2D eigenvalue weighted by molar-refractivity contribution is 5.38. The van der Waals surface area contributed by atoms with Crippen molar-refractivity contribution in [3.8, 4) is 0 Å². The Morgan fingerprint density at radius 2 is 1.12 bits per heavy atom. The Balaban J connectivity index is -0.000000149. The first-order chi connectivity index (χ1) is 7.43. The summed E-state index contributed by atoms with van der Waals surface area (Å²) in [7, 11) is 0. The molecular formula is C17H36. The SMILES string of the molecule is C.CC.CC.Cc1cccc(C)c1C(C)(C)C.[2HH]. The average molecular weight is 241 g/mol. The summed E-state index contributed by atoms with van der Waals surface area (Å²) in [5.41, 5.74) is 4.57. The molecule has 0 aromatic heterocycles. The lowest BCUT2D eigenvalue weighted by atomic mass is 9.81. The van der Waals surface area contributed by atoms with Gasteiger partial charge < -0.3 is 0 Å². The van der Waals surface area contributed by atoms with Crippen LogP contribution in [0.4, 0.5) is 0 Å². The number of aryl methyl sites for hydroxylation is 2. The van der Waals surface area contributed by atoms with E-state index in [1.165, 1.54) is 16.7 Å². The Hall–Kier alpha value is -0.780. The van der Waals surface area contributed by atoms with E-state index >= 15 is 0 Å². The van der Waals surface area contributed by atoms with Gasteiger partial charge in [-0.2, -0.15) is 0 Å². The summed E-state index contributed by atoms with van der Waals surface area (Å²) in [4.78, 5) is 0. The van der Waals surface area contributed by atoms with Crippen molar-refractivity contribution in [1.29, 1.82) is 0 Å². The molecule has 0 aliphatic carbocycles. The number of rotatable bonds is 0. The Labute approximate surface area is 112 Å². The van der Waals surface area contributed by atoms with Gasteiger partial charge >= 0.3 is 0 Å². The van der Waals surface area contributed by atoms with Crippen molar-refractivity contribution < 1.29 is 1.43 Å². The maximum Gasteiger partial charge on any atom is 0 e. The molecule has 0 aliphatic rings. The van der Waals surface area contributed by atoms with Crippen molar-refractivity contribution in [2.75, 3.05) is 0 Å². The Bertz CT molecular complexity index is 262. The largest absolute Gasteiger partial charge is 0.0776 e. The first-order valence-corrected chi connectivity index (χ1v) is 6.49. The minimum Gasteiger partial charge on any atom is -0.0776 e. The molecule has 0 radical (unpaired) electrons. The summed E-state index contributed by atoms with van der Waals surface area (Å²) in [5, 5.41) is 0. The van der Waals surface area contributed by atoms with E-state index in [0.29, 0.717) is 0 Å². The van der Waals surface area contributed by atoms with Gasteiger partial charge in [0.1, 0.15) is 0 Å². The summed E-state index contributed by atoms with van der Waals surface area (Å²) in [6.45, 7) is 19.2. The van der Waals surface area contributed by atoms with E-state index in [9.17, 15) is 0 Å². The average Bonchev–Trinajstić information content (AvgIpc) is 2.21. The van der Waals surface area contributed by atoms with E-state index < -0.39 is 0 Å². The van der Waals surface area contributed by atoms with Crippen LogP contribution in [0.3, 0.4) is 0 Å². The van der Waals surface area contributed by atoms with Gasteiger partial charge in [0.05, 0.1) is 0 Å². The van der Waals surface area contributed by atoms with Crippen LogP contribution in [0.2, 0.25) is 0 Å². The van der Waals surface area contributed by atoms with Gasteiger partial charge in [0.15, 0.2) is 0 Å². The zero-order chi connectivity index (χ0) is 13.4. The molecule has 0 nitrogen and oxygen atoms in total. The molecule has 0 heterocycles. The minimum atomic E-state index is 0. The van der Waals surface area contributed by atoms with Gasteiger partial charge in [-0.15, -0.1) is 0 Å². The van der Waals surface area contributed by atoms with Crippen LogP contribution in [0.15, 0.2) is 18.2 Å². The number of hydrogen-bond acceptors (Lipinski definition) is 0. The van der Waals surface area contributed by atoms with Crippen molar-refractivity contribution in [2.24, 2.45) is 0 Å². The predicted octanol–water partition coefficient (Wildman–Crippen LogP) is 6.54. The molecule has 0 atom stereocenters. The summed E-state index contributed by atoms with van der Waals surface area (Å²) in [6.07, 6.45) is 0. The van der Waals surface area contributed by atoms with Gasteiger partial charge in [0.2, 0.25) is 0 Å². The lowest BCUT2D eigenvalue weighted by Crippen LogP contribution is -2.14. The maximum absolute atomic E-state index is 2.27. The van der Waals surface area contributed by atoms with Crippen molar-refractivity contribution in [2.45, 2.75) is 75.2 Å². The molecule has 104 valence electrons. The molecule has 0 saturated carbocycles. The molecule has 17 heavy (non-hydrogen) atoms. The van der Waals surface area contributed by atoms with E-state index in [-0.39, 0.29) is 14.3 Å². The molecule has 0 saturated heterocycles. The third kappa shape index (κ3) is 7.20. The second kappa shape index (κ2) is 10.4. The Kier molecular flexibility index (Phi) is 13.1. The Morgan fingerprint density at radius 1 is 0.824 bits per heavy atom. The highest BCUT2D eigenvalue weighted by Gasteiger charge is 2.17. The van der Waals surface area contributed by atoms with E-state index in [0.717, 1.165) is 0 Å². The van der Waals surface area contributed by atoms with Crippen LogP contribution < -0.4 is 0 Å². The van der Waals surface area contributed by atoms with Gasteiger partial charge in [-0.3, -0.25) is 0 Å². The lowest BCUT2D eigenvalue weighted by molar-refractivity contribution is 0.582. The van der Waals surface area contributed by atoms with Crippen molar-refractivity contribution >= 4 is 0 Å².